The zero-order valence-electron chi connectivity index (χ0n) is 14.7. The number of pyridine rings is 1. The summed E-state index contributed by atoms with van der Waals surface area (Å²) in [6, 6.07) is 6.18. The molecule has 1 N–H and O–H groups in total. The van der Waals surface area contributed by atoms with Crippen molar-refractivity contribution in [2.45, 2.75) is 26.8 Å². The molecule has 2 aromatic rings. The van der Waals surface area contributed by atoms with E-state index in [9.17, 15) is 4.79 Å². The van der Waals surface area contributed by atoms with Crippen LogP contribution in [0.5, 0.6) is 0 Å². The molecule has 1 aliphatic heterocycles. The van der Waals surface area contributed by atoms with Crippen molar-refractivity contribution in [2.75, 3.05) is 32.8 Å². The minimum Gasteiger partial charge on any atom is -0.379 e. The van der Waals surface area contributed by atoms with Crippen LogP contribution >= 0.6 is 0 Å². The van der Waals surface area contributed by atoms with Gasteiger partial charge in [-0.25, -0.2) is 4.98 Å². The summed E-state index contributed by atoms with van der Waals surface area (Å²) in [5, 5.41) is 3.06. The van der Waals surface area contributed by atoms with Gasteiger partial charge in [0.15, 0.2) is 0 Å². The van der Waals surface area contributed by atoms with E-state index in [-0.39, 0.29) is 5.91 Å². The van der Waals surface area contributed by atoms with E-state index >= 15 is 0 Å². The Balaban J connectivity index is 1.67. The molecule has 0 unspecified atom stereocenters. The molecule has 0 spiro atoms. The van der Waals surface area contributed by atoms with E-state index in [0.29, 0.717) is 24.2 Å². The van der Waals surface area contributed by atoms with Gasteiger partial charge >= 0.3 is 0 Å². The van der Waals surface area contributed by atoms with Crippen LogP contribution in [0.4, 0.5) is 0 Å². The van der Waals surface area contributed by atoms with Crippen LogP contribution in [0.15, 0.2) is 24.4 Å². The highest BCUT2D eigenvalue weighted by Gasteiger charge is 2.24. The smallest absolute Gasteiger partial charge is 0.271 e. The number of nitrogens with one attached hydrogen (secondary N) is 1. The largest absolute Gasteiger partial charge is 0.379 e. The van der Waals surface area contributed by atoms with Crippen molar-refractivity contribution in [1.29, 1.82) is 0 Å². The van der Waals surface area contributed by atoms with Gasteiger partial charge in [-0.2, -0.15) is 0 Å². The standard InChI is InChI=1S/C18H26N4O2/c1-13(2)16(21-7-9-24-10-8-21)11-19-18(23)15-12-22-14(3)5-4-6-17(22)20-15/h4-6,12-13,16H,7-11H2,1-3H3,(H,19,23)/t16-/m0/s1. The monoisotopic (exact) mass is 330 g/mol. The molecule has 1 aliphatic rings. The fraction of sp³-hybridized carbons (Fsp3) is 0.556. The second-order valence-electron chi connectivity index (χ2n) is 6.69. The van der Waals surface area contributed by atoms with Gasteiger partial charge in [0.1, 0.15) is 11.3 Å². The molecule has 6 nitrogen and oxygen atoms in total. The van der Waals surface area contributed by atoms with Gasteiger partial charge in [0.25, 0.3) is 5.91 Å². The van der Waals surface area contributed by atoms with E-state index in [1.54, 1.807) is 6.20 Å². The number of amides is 1. The van der Waals surface area contributed by atoms with Gasteiger partial charge < -0.3 is 14.5 Å². The molecule has 0 aliphatic carbocycles. The van der Waals surface area contributed by atoms with Crippen LogP contribution in [-0.4, -0.2) is 59.1 Å². The third kappa shape index (κ3) is 3.60. The van der Waals surface area contributed by atoms with Gasteiger partial charge in [-0.3, -0.25) is 9.69 Å². The first-order chi connectivity index (χ1) is 11.6. The number of ether oxygens (including phenoxy) is 1. The number of fused-ring (bicyclic) bond motifs is 1. The summed E-state index contributed by atoms with van der Waals surface area (Å²) >= 11 is 0. The Morgan fingerprint density at radius 1 is 1.33 bits per heavy atom. The molecule has 3 rings (SSSR count). The summed E-state index contributed by atoms with van der Waals surface area (Å²) in [5.41, 5.74) is 2.33. The second-order valence-corrected chi connectivity index (χ2v) is 6.69. The molecule has 0 radical (unpaired) electrons. The molecule has 0 aromatic carbocycles. The number of aromatic nitrogens is 2. The third-order valence-corrected chi connectivity index (χ3v) is 4.68. The summed E-state index contributed by atoms with van der Waals surface area (Å²) in [6.45, 7) is 10.4. The van der Waals surface area contributed by atoms with Crippen molar-refractivity contribution in [3.63, 3.8) is 0 Å². The third-order valence-electron chi connectivity index (χ3n) is 4.68. The Labute approximate surface area is 142 Å². The lowest BCUT2D eigenvalue weighted by Gasteiger charge is -2.36. The minimum absolute atomic E-state index is 0.114. The highest BCUT2D eigenvalue weighted by molar-refractivity contribution is 5.92. The van der Waals surface area contributed by atoms with E-state index in [4.69, 9.17) is 4.74 Å². The number of aryl methyl sites for hydroxylation is 1. The van der Waals surface area contributed by atoms with Gasteiger partial charge in [0.05, 0.1) is 13.2 Å². The first-order valence-electron chi connectivity index (χ1n) is 8.61. The van der Waals surface area contributed by atoms with Crippen molar-refractivity contribution >= 4 is 11.6 Å². The van der Waals surface area contributed by atoms with Crippen LogP contribution in [0.25, 0.3) is 5.65 Å². The fourth-order valence-corrected chi connectivity index (χ4v) is 3.24. The Hall–Kier alpha value is -1.92. The summed E-state index contributed by atoms with van der Waals surface area (Å²) in [5.74, 6) is 0.351. The Morgan fingerprint density at radius 3 is 2.75 bits per heavy atom. The maximum absolute atomic E-state index is 12.5. The second kappa shape index (κ2) is 7.32. The molecule has 6 heteroatoms. The maximum atomic E-state index is 12.5. The van der Waals surface area contributed by atoms with E-state index < -0.39 is 0 Å². The van der Waals surface area contributed by atoms with Gasteiger partial charge in [0.2, 0.25) is 0 Å². The maximum Gasteiger partial charge on any atom is 0.271 e. The predicted octanol–water partition coefficient (Wildman–Crippen LogP) is 1.73. The van der Waals surface area contributed by atoms with Crippen molar-refractivity contribution in [3.8, 4) is 0 Å². The summed E-state index contributed by atoms with van der Waals surface area (Å²) in [6.07, 6.45) is 1.80. The van der Waals surface area contributed by atoms with Gasteiger partial charge in [-0.05, 0) is 25.0 Å². The Kier molecular flexibility index (Phi) is 5.16. The molecule has 3 heterocycles. The highest BCUT2D eigenvalue weighted by Crippen LogP contribution is 2.13. The quantitative estimate of drug-likeness (QED) is 0.907. The molecule has 130 valence electrons. The molecular formula is C18H26N4O2. The Bertz CT molecular complexity index is 704. The first-order valence-corrected chi connectivity index (χ1v) is 8.61. The van der Waals surface area contributed by atoms with Crippen molar-refractivity contribution in [3.05, 3.63) is 35.8 Å². The average Bonchev–Trinajstić information content (AvgIpc) is 3.01. The van der Waals surface area contributed by atoms with Crippen LogP contribution in [0.2, 0.25) is 0 Å². The van der Waals surface area contributed by atoms with Crippen molar-refractivity contribution in [2.24, 2.45) is 5.92 Å². The number of hydrogen-bond donors (Lipinski definition) is 1. The average molecular weight is 330 g/mol. The van der Waals surface area contributed by atoms with E-state index in [1.165, 1.54) is 0 Å². The van der Waals surface area contributed by atoms with Gasteiger partial charge in [-0.15, -0.1) is 0 Å². The first kappa shape index (κ1) is 16.9. The lowest BCUT2D eigenvalue weighted by molar-refractivity contribution is 0.00671. The SMILES string of the molecule is Cc1cccc2nc(C(=O)NC[C@@H](C(C)C)N3CCOCC3)cn12. The molecule has 24 heavy (non-hydrogen) atoms. The summed E-state index contributed by atoms with van der Waals surface area (Å²) < 4.78 is 7.37. The number of hydrogen-bond acceptors (Lipinski definition) is 4. The van der Waals surface area contributed by atoms with Crippen LogP contribution in [-0.2, 0) is 4.74 Å². The number of morpholine rings is 1. The van der Waals surface area contributed by atoms with Gasteiger partial charge in [-0.1, -0.05) is 19.9 Å². The van der Waals surface area contributed by atoms with E-state index in [0.717, 1.165) is 37.6 Å². The number of nitrogens with zero attached hydrogens (tertiary/aromatic N) is 3. The van der Waals surface area contributed by atoms with Gasteiger partial charge in [0, 0.05) is 37.6 Å². The van der Waals surface area contributed by atoms with Crippen LogP contribution in [0.1, 0.15) is 30.0 Å². The molecular weight excluding hydrogens is 304 g/mol. The van der Waals surface area contributed by atoms with Crippen LogP contribution in [0.3, 0.4) is 0 Å². The number of rotatable bonds is 5. The van der Waals surface area contributed by atoms with E-state index in [2.05, 4.69) is 29.0 Å². The van der Waals surface area contributed by atoms with Crippen molar-refractivity contribution in [1.82, 2.24) is 19.6 Å². The molecule has 1 fully saturated rings. The molecule has 0 bridgehead atoms. The lowest BCUT2D eigenvalue weighted by atomic mass is 10.0. The topological polar surface area (TPSA) is 58.9 Å². The molecule has 0 saturated carbocycles. The minimum atomic E-state index is -0.114. The fourth-order valence-electron chi connectivity index (χ4n) is 3.24. The van der Waals surface area contributed by atoms with Crippen LogP contribution in [0, 0.1) is 12.8 Å². The molecule has 1 amide bonds. The predicted molar refractivity (Wildman–Crippen MR) is 93.3 cm³/mol. The molecule has 2 aromatic heterocycles. The zero-order valence-corrected chi connectivity index (χ0v) is 14.7. The van der Waals surface area contributed by atoms with Crippen LogP contribution < -0.4 is 5.32 Å². The highest BCUT2D eigenvalue weighted by atomic mass is 16.5. The summed E-state index contributed by atoms with van der Waals surface area (Å²) in [4.78, 5) is 19.3. The molecule has 1 atom stereocenters. The van der Waals surface area contributed by atoms with E-state index in [1.807, 2.05) is 29.5 Å². The number of carbonyl (C=O) groups is 1. The van der Waals surface area contributed by atoms with Crippen molar-refractivity contribution < 1.29 is 9.53 Å². The normalized spacial score (nSPS) is 17.3. The lowest BCUT2D eigenvalue weighted by Crippen LogP contribution is -2.51. The number of imidazole rings is 1. The number of carbonyl (C=O) groups excluding carboxylic acids is 1. The Morgan fingerprint density at radius 2 is 2.08 bits per heavy atom. The molecule has 1 saturated heterocycles. The zero-order chi connectivity index (χ0) is 17.1. The summed E-state index contributed by atoms with van der Waals surface area (Å²) in [7, 11) is 0.